The molecule has 0 aliphatic carbocycles. The molecule has 1 aromatic carbocycles. The third-order valence-corrected chi connectivity index (χ3v) is 4.31. The summed E-state index contributed by atoms with van der Waals surface area (Å²) in [5.41, 5.74) is 0.784. The van der Waals surface area contributed by atoms with Gasteiger partial charge in [0.05, 0.1) is 23.0 Å². The summed E-state index contributed by atoms with van der Waals surface area (Å²) in [6.45, 7) is 3.83. The smallest absolute Gasteiger partial charge is 0.392 e. The second-order valence-corrected chi connectivity index (χ2v) is 6.25. The molecule has 24 heavy (non-hydrogen) atoms. The number of carbonyl (C=O) groups excluding carboxylic acids is 1. The van der Waals surface area contributed by atoms with Crippen molar-refractivity contribution in [1.82, 2.24) is 0 Å². The first-order chi connectivity index (χ1) is 10.9. The van der Waals surface area contributed by atoms with E-state index in [2.05, 4.69) is 5.32 Å². The van der Waals surface area contributed by atoms with Crippen LogP contribution < -0.4 is 5.32 Å². The van der Waals surface area contributed by atoms with Crippen LogP contribution in [0.25, 0.3) is 0 Å². The maximum Gasteiger partial charge on any atom is 0.392 e. The lowest BCUT2D eigenvalue weighted by Gasteiger charge is -2.22. The van der Waals surface area contributed by atoms with Crippen LogP contribution in [-0.2, 0) is 9.59 Å². The third kappa shape index (κ3) is 5.40. The van der Waals surface area contributed by atoms with Gasteiger partial charge in [-0.3, -0.25) is 9.59 Å². The quantitative estimate of drug-likeness (QED) is 0.768. The van der Waals surface area contributed by atoms with Gasteiger partial charge in [0.1, 0.15) is 0 Å². The molecule has 0 saturated carbocycles. The van der Waals surface area contributed by atoms with Crippen LogP contribution in [0.15, 0.2) is 18.2 Å². The second kappa shape index (κ2) is 7.88. The van der Waals surface area contributed by atoms with Crippen LogP contribution in [0.4, 0.5) is 18.9 Å². The number of nitrogens with one attached hydrogen (secondary N) is 1. The molecule has 134 valence electrons. The molecule has 0 spiro atoms. The number of hydrogen-bond donors (Lipinski definition) is 2. The van der Waals surface area contributed by atoms with Crippen molar-refractivity contribution in [3.63, 3.8) is 0 Å². The van der Waals surface area contributed by atoms with E-state index in [1.165, 1.54) is 19.1 Å². The summed E-state index contributed by atoms with van der Waals surface area (Å²) < 4.78 is 38.1. The first-order valence-electron chi connectivity index (χ1n) is 7.32. The molecule has 8 heteroatoms. The number of anilines is 1. The van der Waals surface area contributed by atoms with Crippen LogP contribution >= 0.6 is 11.6 Å². The van der Waals surface area contributed by atoms with E-state index < -0.39 is 29.9 Å². The fraction of sp³-hybridized carbons (Fsp3) is 0.500. The highest BCUT2D eigenvalue weighted by Gasteiger charge is 2.42. The van der Waals surface area contributed by atoms with Crippen molar-refractivity contribution in [3.8, 4) is 0 Å². The van der Waals surface area contributed by atoms with Crippen molar-refractivity contribution in [2.24, 2.45) is 11.8 Å². The lowest BCUT2D eigenvalue weighted by atomic mass is 9.94. The summed E-state index contributed by atoms with van der Waals surface area (Å²) in [6.07, 6.45) is -4.59. The second-order valence-electron chi connectivity index (χ2n) is 5.85. The zero-order chi connectivity index (χ0) is 18.7. The van der Waals surface area contributed by atoms with E-state index in [0.717, 1.165) is 6.92 Å². The standard InChI is InChI=1S/C16H19ClF3NO3/c1-8(6-14(22)23)11-4-5-12(17)13(7-11)21-15(24)9(2)10(3)16(18,19)20/h4-5,7-10H,6H2,1-3H3,(H,21,24)(H,22,23)/t8-,9+,10-/m1/s1. The van der Waals surface area contributed by atoms with Crippen LogP contribution in [0.3, 0.4) is 0 Å². The van der Waals surface area contributed by atoms with Crippen LogP contribution in [0.1, 0.15) is 38.7 Å². The molecule has 1 rings (SSSR count). The van der Waals surface area contributed by atoms with Crippen molar-refractivity contribution in [2.75, 3.05) is 5.32 Å². The molecule has 1 aromatic rings. The van der Waals surface area contributed by atoms with Gasteiger partial charge in [-0.2, -0.15) is 13.2 Å². The number of halogens is 4. The van der Waals surface area contributed by atoms with Crippen molar-refractivity contribution in [1.29, 1.82) is 0 Å². The lowest BCUT2D eigenvalue weighted by molar-refractivity contribution is -0.183. The summed E-state index contributed by atoms with van der Waals surface area (Å²) in [7, 11) is 0. The molecule has 0 heterocycles. The molecule has 4 nitrogen and oxygen atoms in total. The number of benzene rings is 1. The Balaban J connectivity index is 2.94. The Morgan fingerprint density at radius 2 is 1.83 bits per heavy atom. The average molecular weight is 366 g/mol. The Bertz CT molecular complexity index is 619. The van der Waals surface area contributed by atoms with Gasteiger partial charge in [0.25, 0.3) is 0 Å². The van der Waals surface area contributed by atoms with E-state index in [4.69, 9.17) is 16.7 Å². The maximum absolute atomic E-state index is 12.7. The number of carboxylic acid groups (broad SMARTS) is 1. The number of rotatable bonds is 6. The molecule has 1 amide bonds. The van der Waals surface area contributed by atoms with Crippen molar-refractivity contribution in [3.05, 3.63) is 28.8 Å². The molecular weight excluding hydrogens is 347 g/mol. The van der Waals surface area contributed by atoms with Crippen molar-refractivity contribution < 1.29 is 27.9 Å². The highest BCUT2D eigenvalue weighted by Crippen LogP contribution is 2.33. The van der Waals surface area contributed by atoms with Gasteiger partial charge in [-0.1, -0.05) is 38.4 Å². The monoisotopic (exact) mass is 365 g/mol. The number of carbonyl (C=O) groups is 2. The molecule has 0 aliphatic rings. The van der Waals surface area contributed by atoms with Gasteiger partial charge in [0, 0.05) is 5.92 Å². The van der Waals surface area contributed by atoms with Gasteiger partial charge in [0.15, 0.2) is 0 Å². The molecule has 2 N–H and O–H groups in total. The van der Waals surface area contributed by atoms with Crippen LogP contribution in [-0.4, -0.2) is 23.2 Å². The van der Waals surface area contributed by atoms with Gasteiger partial charge < -0.3 is 10.4 Å². The summed E-state index contributed by atoms with van der Waals surface area (Å²) in [5, 5.41) is 11.4. The van der Waals surface area contributed by atoms with E-state index in [0.29, 0.717) is 5.56 Å². The number of hydrogen-bond acceptors (Lipinski definition) is 2. The van der Waals surface area contributed by atoms with E-state index in [1.54, 1.807) is 13.0 Å². The molecular formula is C16H19ClF3NO3. The minimum atomic E-state index is -4.47. The summed E-state index contributed by atoms with van der Waals surface area (Å²) in [4.78, 5) is 22.8. The first-order valence-corrected chi connectivity index (χ1v) is 7.70. The maximum atomic E-state index is 12.7. The predicted octanol–water partition coefficient (Wildman–Crippen LogP) is 4.69. The zero-order valence-electron chi connectivity index (χ0n) is 13.4. The molecule has 0 unspecified atom stereocenters. The Hall–Kier alpha value is -1.76. The van der Waals surface area contributed by atoms with Gasteiger partial charge in [-0.05, 0) is 23.6 Å². The van der Waals surface area contributed by atoms with E-state index in [-0.39, 0.29) is 23.0 Å². The SMILES string of the molecule is C[C@H](CC(=O)O)c1ccc(Cl)c(NC(=O)[C@@H](C)[C@@H](C)C(F)(F)F)c1. The Labute approximate surface area is 143 Å². The highest BCUT2D eigenvalue weighted by atomic mass is 35.5. The van der Waals surface area contributed by atoms with E-state index >= 15 is 0 Å². The van der Waals surface area contributed by atoms with Gasteiger partial charge >= 0.3 is 12.1 Å². The van der Waals surface area contributed by atoms with Crippen molar-refractivity contribution >= 4 is 29.2 Å². The minimum Gasteiger partial charge on any atom is -0.481 e. The molecule has 0 radical (unpaired) electrons. The van der Waals surface area contributed by atoms with Crippen molar-refractivity contribution in [2.45, 2.75) is 39.3 Å². The molecule has 0 aromatic heterocycles. The van der Waals surface area contributed by atoms with Crippen LogP contribution in [0.5, 0.6) is 0 Å². The van der Waals surface area contributed by atoms with E-state index in [9.17, 15) is 22.8 Å². The van der Waals surface area contributed by atoms with E-state index in [1.807, 2.05) is 0 Å². The number of aliphatic carboxylic acids is 1. The fourth-order valence-corrected chi connectivity index (χ4v) is 2.25. The summed E-state index contributed by atoms with van der Waals surface area (Å²) >= 11 is 5.97. The zero-order valence-corrected chi connectivity index (χ0v) is 14.2. The van der Waals surface area contributed by atoms with Crippen LogP contribution in [0, 0.1) is 11.8 Å². The Kier molecular flexibility index (Phi) is 6.66. The number of carboxylic acids is 1. The minimum absolute atomic E-state index is 0.115. The topological polar surface area (TPSA) is 66.4 Å². The molecule has 3 atom stereocenters. The predicted molar refractivity (Wildman–Crippen MR) is 85.1 cm³/mol. The van der Waals surface area contributed by atoms with Gasteiger partial charge in [0.2, 0.25) is 5.91 Å². The van der Waals surface area contributed by atoms with Crippen LogP contribution in [0.2, 0.25) is 5.02 Å². The summed E-state index contributed by atoms with van der Waals surface area (Å²) in [6, 6.07) is 4.58. The third-order valence-electron chi connectivity index (χ3n) is 3.98. The first kappa shape index (κ1) is 20.3. The molecule has 0 fully saturated rings. The average Bonchev–Trinajstić information content (AvgIpc) is 2.46. The molecule has 0 bridgehead atoms. The Morgan fingerprint density at radius 1 is 1.25 bits per heavy atom. The Morgan fingerprint density at radius 3 is 2.33 bits per heavy atom. The van der Waals surface area contributed by atoms with Gasteiger partial charge in [-0.15, -0.1) is 0 Å². The fourth-order valence-electron chi connectivity index (χ4n) is 2.08. The molecule has 0 aliphatic heterocycles. The molecule has 0 saturated heterocycles. The van der Waals surface area contributed by atoms with Gasteiger partial charge in [-0.25, -0.2) is 0 Å². The number of amides is 1. The lowest BCUT2D eigenvalue weighted by Crippen LogP contribution is -2.34. The number of alkyl halides is 3. The summed E-state index contributed by atoms with van der Waals surface area (Å²) in [5.74, 6) is -5.20. The largest absolute Gasteiger partial charge is 0.481 e. The normalized spacial score (nSPS) is 15.5. The highest BCUT2D eigenvalue weighted by molar-refractivity contribution is 6.33.